The van der Waals surface area contributed by atoms with Gasteiger partial charge in [-0.2, -0.15) is 0 Å². The highest BCUT2D eigenvalue weighted by Gasteiger charge is 2.13. The Morgan fingerprint density at radius 3 is 2.22 bits per heavy atom. The molecule has 2 aromatic carbocycles. The predicted molar refractivity (Wildman–Crippen MR) is 89.7 cm³/mol. The van der Waals surface area contributed by atoms with Crippen molar-refractivity contribution in [3.05, 3.63) is 87.1 Å². The van der Waals surface area contributed by atoms with Gasteiger partial charge in [-0.1, -0.05) is 31.2 Å². The van der Waals surface area contributed by atoms with Crippen molar-refractivity contribution in [2.45, 2.75) is 26.7 Å². The molecule has 3 rings (SSSR count). The zero-order valence-corrected chi connectivity index (χ0v) is 13.3. The van der Waals surface area contributed by atoms with E-state index in [9.17, 15) is 9.18 Å². The Kier molecular flexibility index (Phi) is 4.15. The molecule has 0 radical (unpaired) electrons. The molecule has 0 bridgehead atoms. The van der Waals surface area contributed by atoms with Crippen LogP contribution in [0.1, 0.15) is 29.3 Å². The van der Waals surface area contributed by atoms with Gasteiger partial charge >= 0.3 is 0 Å². The smallest absolute Gasteiger partial charge is 0.268 e. The maximum atomic E-state index is 13.1. The summed E-state index contributed by atoms with van der Waals surface area (Å²) in [4.78, 5) is 12.3. The Balaban J connectivity index is 1.94. The van der Waals surface area contributed by atoms with Gasteiger partial charge in [-0.05, 0) is 48.7 Å². The van der Waals surface area contributed by atoms with Crippen molar-refractivity contribution >= 4 is 0 Å². The third-order valence-electron chi connectivity index (χ3n) is 4.16. The van der Waals surface area contributed by atoms with Crippen molar-refractivity contribution in [1.82, 2.24) is 9.78 Å². The maximum absolute atomic E-state index is 13.1. The fourth-order valence-electron chi connectivity index (χ4n) is 2.71. The number of H-pyrrole nitrogens is 1. The lowest BCUT2D eigenvalue weighted by Gasteiger charge is -2.06. The number of nitrogens with zero attached hydrogens (tertiary/aromatic N) is 1. The van der Waals surface area contributed by atoms with E-state index >= 15 is 0 Å². The van der Waals surface area contributed by atoms with Crippen LogP contribution in [0.2, 0.25) is 0 Å². The average molecular weight is 310 g/mol. The molecule has 0 atom stereocenters. The molecule has 3 nitrogen and oxygen atoms in total. The van der Waals surface area contributed by atoms with Gasteiger partial charge in [0.2, 0.25) is 0 Å². The van der Waals surface area contributed by atoms with E-state index < -0.39 is 0 Å². The molecular weight excluding hydrogens is 291 g/mol. The topological polar surface area (TPSA) is 37.8 Å². The normalized spacial score (nSPS) is 10.9. The van der Waals surface area contributed by atoms with E-state index in [1.165, 1.54) is 17.7 Å². The first-order valence-corrected chi connectivity index (χ1v) is 7.72. The van der Waals surface area contributed by atoms with E-state index in [2.05, 4.69) is 36.3 Å². The Hall–Kier alpha value is -2.62. The Morgan fingerprint density at radius 1 is 1.00 bits per heavy atom. The van der Waals surface area contributed by atoms with Crippen LogP contribution in [0.25, 0.3) is 5.69 Å². The van der Waals surface area contributed by atoms with Gasteiger partial charge in [0.25, 0.3) is 5.56 Å². The molecule has 0 aliphatic heterocycles. The summed E-state index contributed by atoms with van der Waals surface area (Å²) in [7, 11) is 0. The van der Waals surface area contributed by atoms with Crippen molar-refractivity contribution in [3.8, 4) is 5.69 Å². The molecular formula is C19H19FN2O. The van der Waals surface area contributed by atoms with Crippen molar-refractivity contribution in [1.29, 1.82) is 0 Å². The lowest BCUT2D eigenvalue weighted by atomic mass is 10.0. The first-order valence-electron chi connectivity index (χ1n) is 7.72. The van der Waals surface area contributed by atoms with Gasteiger partial charge in [-0.15, -0.1) is 0 Å². The molecule has 0 fully saturated rings. The summed E-state index contributed by atoms with van der Waals surface area (Å²) in [6.07, 6.45) is 1.58. The van der Waals surface area contributed by atoms with Crippen LogP contribution in [-0.4, -0.2) is 9.78 Å². The number of aromatic amines is 1. The second-order valence-corrected chi connectivity index (χ2v) is 5.66. The number of hydrogen-bond acceptors (Lipinski definition) is 1. The minimum atomic E-state index is -0.294. The van der Waals surface area contributed by atoms with Crippen LogP contribution in [0.15, 0.2) is 53.3 Å². The molecule has 4 heteroatoms. The Labute approximate surface area is 134 Å². The van der Waals surface area contributed by atoms with Gasteiger partial charge in [-0.3, -0.25) is 14.6 Å². The molecule has 0 spiro atoms. The molecule has 0 unspecified atom stereocenters. The standard InChI is InChI=1S/C19H19FN2O/c1-3-14-4-6-15(7-5-14)12-18-13(2)22(21-19(18)23)17-10-8-16(20)9-11-17/h4-11H,3,12H2,1-2H3,(H,21,23). The third kappa shape index (κ3) is 3.11. The monoisotopic (exact) mass is 310 g/mol. The summed E-state index contributed by atoms with van der Waals surface area (Å²) < 4.78 is 14.8. The number of aryl methyl sites for hydroxylation is 1. The molecule has 0 aliphatic rings. The minimum absolute atomic E-state index is 0.105. The molecule has 23 heavy (non-hydrogen) atoms. The molecule has 0 aliphatic carbocycles. The number of rotatable bonds is 4. The fraction of sp³-hybridized carbons (Fsp3) is 0.211. The van der Waals surface area contributed by atoms with Crippen molar-refractivity contribution in [2.75, 3.05) is 0 Å². The van der Waals surface area contributed by atoms with Gasteiger partial charge in [0, 0.05) is 17.7 Å². The summed E-state index contributed by atoms with van der Waals surface area (Å²) in [6.45, 7) is 4.02. The SMILES string of the molecule is CCc1ccc(Cc2c(C)n(-c3ccc(F)cc3)[nH]c2=O)cc1. The van der Waals surface area contributed by atoms with Gasteiger partial charge < -0.3 is 0 Å². The molecule has 0 saturated carbocycles. The summed E-state index contributed by atoms with van der Waals surface area (Å²) >= 11 is 0. The van der Waals surface area contributed by atoms with E-state index in [1.54, 1.807) is 16.8 Å². The van der Waals surface area contributed by atoms with Gasteiger partial charge in [0.15, 0.2) is 0 Å². The predicted octanol–water partition coefficient (Wildman–Crippen LogP) is 3.77. The van der Waals surface area contributed by atoms with Crippen LogP contribution in [0.4, 0.5) is 4.39 Å². The summed E-state index contributed by atoms with van der Waals surface area (Å²) in [5, 5.41) is 2.83. The van der Waals surface area contributed by atoms with Crippen LogP contribution in [0, 0.1) is 12.7 Å². The summed E-state index contributed by atoms with van der Waals surface area (Å²) in [5.41, 5.74) is 4.61. The molecule has 0 saturated heterocycles. The van der Waals surface area contributed by atoms with Crippen LogP contribution in [0.3, 0.4) is 0 Å². The van der Waals surface area contributed by atoms with Crippen molar-refractivity contribution < 1.29 is 4.39 Å². The third-order valence-corrected chi connectivity index (χ3v) is 4.16. The van der Waals surface area contributed by atoms with E-state index in [-0.39, 0.29) is 11.4 Å². The van der Waals surface area contributed by atoms with Crippen molar-refractivity contribution in [2.24, 2.45) is 0 Å². The molecule has 118 valence electrons. The maximum Gasteiger partial charge on any atom is 0.268 e. The molecule has 3 aromatic rings. The second-order valence-electron chi connectivity index (χ2n) is 5.66. The molecule has 1 N–H and O–H groups in total. The largest absolute Gasteiger partial charge is 0.268 e. The van der Waals surface area contributed by atoms with Crippen LogP contribution in [0.5, 0.6) is 0 Å². The highest BCUT2D eigenvalue weighted by Crippen LogP contribution is 2.15. The molecule has 1 heterocycles. The fourth-order valence-corrected chi connectivity index (χ4v) is 2.71. The van der Waals surface area contributed by atoms with Crippen LogP contribution >= 0.6 is 0 Å². The van der Waals surface area contributed by atoms with Gasteiger partial charge in [-0.25, -0.2) is 4.39 Å². The summed E-state index contributed by atoms with van der Waals surface area (Å²) in [6, 6.07) is 14.4. The summed E-state index contributed by atoms with van der Waals surface area (Å²) in [5.74, 6) is -0.294. The molecule has 1 aromatic heterocycles. The molecule has 0 amide bonds. The highest BCUT2D eigenvalue weighted by molar-refractivity contribution is 5.37. The first-order chi connectivity index (χ1) is 11.1. The van der Waals surface area contributed by atoms with E-state index in [0.29, 0.717) is 6.42 Å². The zero-order chi connectivity index (χ0) is 16.4. The van der Waals surface area contributed by atoms with Crippen LogP contribution in [-0.2, 0) is 12.8 Å². The number of hydrogen-bond donors (Lipinski definition) is 1. The number of halogens is 1. The average Bonchev–Trinajstić information content (AvgIpc) is 2.84. The van der Waals surface area contributed by atoms with E-state index in [1.807, 2.05) is 6.92 Å². The van der Waals surface area contributed by atoms with Gasteiger partial charge in [0.05, 0.1) is 5.69 Å². The Bertz CT molecular complexity index is 858. The lowest BCUT2D eigenvalue weighted by Crippen LogP contribution is -2.07. The zero-order valence-electron chi connectivity index (χ0n) is 13.3. The highest BCUT2D eigenvalue weighted by atomic mass is 19.1. The quantitative estimate of drug-likeness (QED) is 0.782. The number of nitrogens with one attached hydrogen (secondary N) is 1. The number of aromatic nitrogens is 2. The second kappa shape index (κ2) is 6.24. The van der Waals surface area contributed by atoms with Crippen LogP contribution < -0.4 is 5.56 Å². The first kappa shape index (κ1) is 15.3. The minimum Gasteiger partial charge on any atom is -0.268 e. The van der Waals surface area contributed by atoms with Gasteiger partial charge in [0.1, 0.15) is 5.82 Å². The van der Waals surface area contributed by atoms with Crippen molar-refractivity contribution in [3.63, 3.8) is 0 Å². The lowest BCUT2D eigenvalue weighted by molar-refractivity contribution is 0.627. The Morgan fingerprint density at radius 2 is 1.61 bits per heavy atom. The number of benzene rings is 2. The van der Waals surface area contributed by atoms with E-state index in [0.717, 1.165) is 28.9 Å². The van der Waals surface area contributed by atoms with E-state index in [4.69, 9.17) is 0 Å².